The number of nitrogens with zero attached hydrogens (tertiary/aromatic N) is 3. The van der Waals surface area contributed by atoms with Gasteiger partial charge in [0.25, 0.3) is 0 Å². The quantitative estimate of drug-likeness (QED) is 0.169. The lowest BCUT2D eigenvalue weighted by molar-refractivity contribution is -0.149. The summed E-state index contributed by atoms with van der Waals surface area (Å²) in [4.78, 5) is 13.8. The molecule has 0 fully saturated rings. The van der Waals surface area contributed by atoms with Crippen molar-refractivity contribution in [2.75, 3.05) is 34.0 Å². The molecule has 9 heteroatoms. The first-order valence-corrected chi connectivity index (χ1v) is 6.47. The summed E-state index contributed by atoms with van der Waals surface area (Å²) in [5.41, 5.74) is 8.02. The smallest absolute Gasteiger partial charge is 0.345 e. The number of hydrogen-bond donors (Lipinski definition) is 0. The van der Waals surface area contributed by atoms with Crippen LogP contribution in [0.4, 0.5) is 0 Å². The molecule has 0 aliphatic heterocycles. The fraction of sp³-hybridized carbons (Fsp3) is 0.857. The lowest BCUT2D eigenvalue weighted by Crippen LogP contribution is -2.27. The van der Waals surface area contributed by atoms with Gasteiger partial charge in [-0.2, -0.15) is 0 Å². The highest BCUT2D eigenvalue weighted by Crippen LogP contribution is 2.48. The van der Waals surface area contributed by atoms with Crippen LogP contribution in [0.1, 0.15) is 0 Å². The van der Waals surface area contributed by atoms with Gasteiger partial charge in [-0.15, -0.1) is 0 Å². The number of carbonyl (C=O) groups excluding carboxylic acids is 1. The number of esters is 1. The Hall–Kier alpha value is -1.07. The third-order valence-corrected chi connectivity index (χ3v) is 3.66. The van der Waals surface area contributed by atoms with Crippen molar-refractivity contribution in [3.05, 3.63) is 10.4 Å². The lowest BCUT2D eigenvalue weighted by Gasteiger charge is -2.20. The molecular weight excluding hydrogens is 237 g/mol. The molecular formula is C7H14N3O5P. The molecule has 2 atom stereocenters. The van der Waals surface area contributed by atoms with Crippen molar-refractivity contribution >= 4 is 13.3 Å². The van der Waals surface area contributed by atoms with Crippen molar-refractivity contribution < 1.29 is 23.4 Å². The maximum Gasteiger partial charge on any atom is 0.345 e. The summed E-state index contributed by atoms with van der Waals surface area (Å²) in [5, 5.41) is 3.21. The zero-order valence-electron chi connectivity index (χ0n) is 9.32. The summed E-state index contributed by atoms with van der Waals surface area (Å²) in [6.07, 6.45) is 0. The molecule has 0 saturated carbocycles. The minimum Gasteiger partial charge on any atom is -0.467 e. The average Bonchev–Trinajstić information content (AvgIpc) is 2.28. The first-order valence-electron chi connectivity index (χ1n) is 4.32. The molecule has 0 aromatic carbocycles. The standard InChI is InChI=1S/C7H14N3O5P/c1-13-6(11)7(16(3,12)14-2)15-5-4-9-10-8/h7H,4-5H2,1-3H3. The second kappa shape index (κ2) is 7.24. The van der Waals surface area contributed by atoms with Crippen LogP contribution in [0.25, 0.3) is 10.4 Å². The molecule has 0 aromatic heterocycles. The van der Waals surface area contributed by atoms with Crippen molar-refractivity contribution in [1.29, 1.82) is 0 Å². The molecule has 16 heavy (non-hydrogen) atoms. The first kappa shape index (κ1) is 14.9. The third kappa shape index (κ3) is 4.63. The Morgan fingerprint density at radius 1 is 1.56 bits per heavy atom. The van der Waals surface area contributed by atoms with Crippen LogP contribution in [0, 0.1) is 0 Å². The Labute approximate surface area is 92.9 Å². The lowest BCUT2D eigenvalue weighted by atomic mass is 10.7. The topological polar surface area (TPSA) is 111 Å². The number of methoxy groups -OCH3 is 1. The molecule has 0 N–H and O–H groups in total. The SMILES string of the molecule is COC(=O)C(OCCN=[N+]=[N-])P(C)(=O)OC. The summed E-state index contributed by atoms with van der Waals surface area (Å²) in [5.74, 6) is -2.08. The van der Waals surface area contributed by atoms with Gasteiger partial charge in [0.05, 0.1) is 13.7 Å². The van der Waals surface area contributed by atoms with Crippen LogP contribution in [0.5, 0.6) is 0 Å². The predicted molar refractivity (Wildman–Crippen MR) is 56.3 cm³/mol. The van der Waals surface area contributed by atoms with Crippen LogP contribution in [0.15, 0.2) is 5.11 Å². The van der Waals surface area contributed by atoms with E-state index in [2.05, 4.69) is 14.8 Å². The first-order chi connectivity index (χ1) is 7.49. The highest BCUT2D eigenvalue weighted by molar-refractivity contribution is 7.59. The molecule has 0 aromatic rings. The van der Waals surface area contributed by atoms with Crippen molar-refractivity contribution in [3.63, 3.8) is 0 Å². The van der Waals surface area contributed by atoms with Crippen molar-refractivity contribution in [2.45, 2.75) is 5.85 Å². The van der Waals surface area contributed by atoms with E-state index in [1.807, 2.05) is 0 Å². The van der Waals surface area contributed by atoms with Gasteiger partial charge in [-0.25, -0.2) is 4.79 Å². The minimum atomic E-state index is -3.24. The summed E-state index contributed by atoms with van der Waals surface area (Å²) in [6.45, 7) is 1.26. The van der Waals surface area contributed by atoms with Gasteiger partial charge in [0.2, 0.25) is 13.2 Å². The van der Waals surface area contributed by atoms with Gasteiger partial charge in [0.1, 0.15) is 0 Å². The summed E-state index contributed by atoms with van der Waals surface area (Å²) in [7, 11) is -0.866. The Bertz CT molecular complexity index is 328. The summed E-state index contributed by atoms with van der Waals surface area (Å²) >= 11 is 0. The fourth-order valence-electron chi connectivity index (χ4n) is 0.841. The van der Waals surface area contributed by atoms with Crippen LogP contribution in [0.3, 0.4) is 0 Å². The average molecular weight is 251 g/mol. The number of hydrogen-bond acceptors (Lipinski definition) is 6. The van der Waals surface area contributed by atoms with E-state index in [9.17, 15) is 9.36 Å². The maximum atomic E-state index is 11.8. The van der Waals surface area contributed by atoms with Gasteiger partial charge in [0.15, 0.2) is 0 Å². The molecule has 0 spiro atoms. The Balaban J connectivity index is 4.51. The van der Waals surface area contributed by atoms with Gasteiger partial charge in [-0.3, -0.25) is 4.57 Å². The van der Waals surface area contributed by atoms with E-state index in [1.165, 1.54) is 13.8 Å². The largest absolute Gasteiger partial charge is 0.467 e. The van der Waals surface area contributed by atoms with Crippen molar-refractivity contribution in [1.82, 2.24) is 0 Å². The second-order valence-corrected chi connectivity index (χ2v) is 5.44. The Kier molecular flexibility index (Phi) is 6.76. The summed E-state index contributed by atoms with van der Waals surface area (Å²) in [6, 6.07) is 0. The molecule has 0 saturated heterocycles. The molecule has 0 amide bonds. The van der Waals surface area contributed by atoms with Crippen LogP contribution in [0.2, 0.25) is 0 Å². The number of azide groups is 1. The van der Waals surface area contributed by atoms with Gasteiger partial charge in [0, 0.05) is 25.2 Å². The van der Waals surface area contributed by atoms with E-state index in [0.29, 0.717) is 0 Å². The molecule has 0 aliphatic carbocycles. The van der Waals surface area contributed by atoms with Crippen LogP contribution in [-0.2, 0) is 23.4 Å². The van der Waals surface area contributed by atoms with Crippen LogP contribution >= 0.6 is 7.37 Å². The zero-order valence-corrected chi connectivity index (χ0v) is 10.2. The minimum absolute atomic E-state index is 0.0354. The monoisotopic (exact) mass is 251 g/mol. The molecule has 0 aliphatic rings. The maximum absolute atomic E-state index is 11.8. The van der Waals surface area contributed by atoms with Gasteiger partial charge < -0.3 is 14.0 Å². The summed E-state index contributed by atoms with van der Waals surface area (Å²) < 4.78 is 26.0. The van der Waals surface area contributed by atoms with Gasteiger partial charge >= 0.3 is 5.97 Å². The molecule has 2 unspecified atom stereocenters. The molecule has 92 valence electrons. The molecule has 0 rings (SSSR count). The molecule has 0 radical (unpaired) electrons. The van der Waals surface area contributed by atoms with Crippen molar-refractivity contribution in [2.24, 2.45) is 5.11 Å². The fourth-order valence-corrected chi connectivity index (χ4v) is 1.90. The van der Waals surface area contributed by atoms with Crippen molar-refractivity contribution in [3.8, 4) is 0 Å². The highest BCUT2D eigenvalue weighted by atomic mass is 31.2. The van der Waals surface area contributed by atoms with E-state index in [4.69, 9.17) is 14.8 Å². The highest BCUT2D eigenvalue weighted by Gasteiger charge is 2.36. The Morgan fingerprint density at radius 2 is 2.19 bits per heavy atom. The van der Waals surface area contributed by atoms with E-state index >= 15 is 0 Å². The predicted octanol–water partition coefficient (Wildman–Crippen LogP) is 1.37. The number of carbonyl (C=O) groups is 1. The second-order valence-electron chi connectivity index (χ2n) is 2.79. The van der Waals surface area contributed by atoms with Crippen LogP contribution < -0.4 is 0 Å². The molecule has 0 heterocycles. The zero-order chi connectivity index (χ0) is 12.6. The number of ether oxygens (including phenoxy) is 2. The molecule has 0 bridgehead atoms. The van der Waals surface area contributed by atoms with E-state index in [-0.39, 0.29) is 13.2 Å². The van der Waals surface area contributed by atoms with Gasteiger partial charge in [-0.05, 0) is 5.53 Å². The van der Waals surface area contributed by atoms with E-state index < -0.39 is 19.2 Å². The molecule has 8 nitrogen and oxygen atoms in total. The number of rotatable bonds is 7. The third-order valence-electron chi connectivity index (χ3n) is 1.72. The van der Waals surface area contributed by atoms with Gasteiger partial charge in [-0.1, -0.05) is 5.11 Å². The van der Waals surface area contributed by atoms with E-state index in [0.717, 1.165) is 7.11 Å². The van der Waals surface area contributed by atoms with E-state index in [1.54, 1.807) is 0 Å². The van der Waals surface area contributed by atoms with Crippen LogP contribution in [-0.4, -0.2) is 45.9 Å². The normalized spacial score (nSPS) is 15.7. The Morgan fingerprint density at radius 3 is 2.62 bits per heavy atom.